The van der Waals surface area contributed by atoms with Gasteiger partial charge >= 0.3 is 5.97 Å². The van der Waals surface area contributed by atoms with Gasteiger partial charge in [-0.1, -0.05) is 26.0 Å². The Labute approximate surface area is 155 Å². The third-order valence-corrected chi connectivity index (χ3v) is 4.99. The zero-order valence-electron chi connectivity index (χ0n) is 15.5. The first-order valence-electron chi connectivity index (χ1n) is 8.60. The molecule has 0 aliphatic carbocycles. The Balaban J connectivity index is 2.10. The molecule has 0 bridgehead atoms. The highest BCUT2D eigenvalue weighted by atomic mass is 32.2. The predicted molar refractivity (Wildman–Crippen MR) is 103 cm³/mol. The predicted octanol–water partition coefficient (Wildman–Crippen LogP) is 4.25. The number of nitrogens with one attached hydrogen (secondary N) is 1. The van der Waals surface area contributed by atoms with Crippen LogP contribution in [0.5, 0.6) is 0 Å². The van der Waals surface area contributed by atoms with Gasteiger partial charge in [0.25, 0.3) is 10.0 Å². The molecule has 6 heteroatoms. The molecule has 0 spiro atoms. The molecule has 0 aliphatic heterocycles. The molecule has 0 radical (unpaired) electrons. The number of hydrogen-bond donors (Lipinski definition) is 1. The van der Waals surface area contributed by atoms with E-state index in [2.05, 4.69) is 18.6 Å². The lowest BCUT2D eigenvalue weighted by atomic mass is 10.0. The Bertz CT molecular complexity index is 838. The molecule has 0 saturated heterocycles. The first kappa shape index (κ1) is 20.0. The van der Waals surface area contributed by atoms with Gasteiger partial charge in [-0.15, -0.1) is 0 Å². The first-order chi connectivity index (χ1) is 12.2. The van der Waals surface area contributed by atoms with E-state index in [1.807, 2.05) is 12.1 Å². The van der Waals surface area contributed by atoms with Crippen molar-refractivity contribution in [2.24, 2.45) is 5.92 Å². The van der Waals surface area contributed by atoms with Gasteiger partial charge in [0.2, 0.25) is 0 Å². The van der Waals surface area contributed by atoms with Gasteiger partial charge in [-0.2, -0.15) is 0 Å². The van der Waals surface area contributed by atoms with E-state index in [-0.39, 0.29) is 11.0 Å². The van der Waals surface area contributed by atoms with Crippen LogP contribution in [0.2, 0.25) is 0 Å². The molecule has 0 fully saturated rings. The maximum atomic E-state index is 12.5. The Morgan fingerprint density at radius 1 is 0.962 bits per heavy atom. The second kappa shape index (κ2) is 8.36. The van der Waals surface area contributed by atoms with E-state index in [0.717, 1.165) is 12.0 Å². The summed E-state index contributed by atoms with van der Waals surface area (Å²) in [4.78, 5) is 12.0. The molecule has 2 rings (SSSR count). The minimum absolute atomic E-state index is 0.202. The Kier molecular flexibility index (Phi) is 6.42. The molecule has 2 aromatic rings. The highest BCUT2D eigenvalue weighted by Gasteiger charge is 2.15. The molecular weight excluding hydrogens is 350 g/mol. The maximum Gasteiger partial charge on any atom is 0.338 e. The third kappa shape index (κ3) is 5.59. The lowest BCUT2D eigenvalue weighted by Gasteiger charge is -2.11. The summed E-state index contributed by atoms with van der Waals surface area (Å²) < 4.78 is 32.6. The summed E-state index contributed by atoms with van der Waals surface area (Å²) in [6.45, 7) is 7.78. The topological polar surface area (TPSA) is 72.5 Å². The lowest BCUT2D eigenvalue weighted by Crippen LogP contribution is -2.14. The van der Waals surface area contributed by atoms with Gasteiger partial charge in [-0.25, -0.2) is 13.2 Å². The molecule has 0 unspecified atom stereocenters. The van der Waals surface area contributed by atoms with Crippen LogP contribution in [-0.4, -0.2) is 20.5 Å². The highest BCUT2D eigenvalue weighted by molar-refractivity contribution is 7.92. The fourth-order valence-electron chi connectivity index (χ4n) is 2.45. The number of rotatable bonds is 7. The normalized spacial score (nSPS) is 11.6. The molecule has 26 heavy (non-hydrogen) atoms. The Hall–Kier alpha value is -2.34. The van der Waals surface area contributed by atoms with E-state index < -0.39 is 16.0 Å². The van der Waals surface area contributed by atoms with Gasteiger partial charge < -0.3 is 4.74 Å². The molecule has 0 atom stereocenters. The molecule has 0 aromatic heterocycles. The lowest BCUT2D eigenvalue weighted by molar-refractivity contribution is 0.0378. The van der Waals surface area contributed by atoms with Crippen LogP contribution in [0.15, 0.2) is 53.4 Å². The molecule has 140 valence electrons. The van der Waals surface area contributed by atoms with Gasteiger partial charge in [0.05, 0.1) is 16.6 Å². The SMILES string of the molecule is CC(C)Cc1ccc(S(=O)(=O)Nc2ccc(C(=O)OC(C)C)cc2)cc1. The summed E-state index contributed by atoms with van der Waals surface area (Å²) >= 11 is 0. The van der Waals surface area contributed by atoms with Crippen molar-refractivity contribution in [2.75, 3.05) is 4.72 Å². The fourth-order valence-corrected chi connectivity index (χ4v) is 3.51. The van der Waals surface area contributed by atoms with Crippen LogP contribution in [0.3, 0.4) is 0 Å². The van der Waals surface area contributed by atoms with Crippen LogP contribution in [0.25, 0.3) is 0 Å². The van der Waals surface area contributed by atoms with E-state index in [9.17, 15) is 13.2 Å². The van der Waals surface area contributed by atoms with Crippen molar-refractivity contribution in [1.29, 1.82) is 0 Å². The van der Waals surface area contributed by atoms with Crippen molar-refractivity contribution in [3.8, 4) is 0 Å². The molecule has 1 N–H and O–H groups in total. The van der Waals surface area contributed by atoms with E-state index in [1.165, 1.54) is 12.1 Å². The molecule has 0 saturated carbocycles. The standard InChI is InChI=1S/C20H25NO4S/c1-14(2)13-16-5-11-19(12-6-16)26(23,24)21-18-9-7-17(8-10-18)20(22)25-15(3)4/h5-12,14-15,21H,13H2,1-4H3. The average molecular weight is 375 g/mol. The van der Waals surface area contributed by atoms with Gasteiger partial charge in [0.1, 0.15) is 0 Å². The minimum atomic E-state index is -3.68. The smallest absolute Gasteiger partial charge is 0.338 e. The summed E-state index contributed by atoms with van der Waals surface area (Å²) in [5.74, 6) is 0.0756. The zero-order valence-corrected chi connectivity index (χ0v) is 16.3. The molecular formula is C20H25NO4S. The summed E-state index contributed by atoms with van der Waals surface area (Å²) in [6, 6.07) is 13.0. The molecule has 0 heterocycles. The van der Waals surface area contributed by atoms with E-state index in [0.29, 0.717) is 17.2 Å². The number of ether oxygens (including phenoxy) is 1. The van der Waals surface area contributed by atoms with Crippen LogP contribution in [-0.2, 0) is 21.2 Å². The number of anilines is 1. The molecule has 0 amide bonds. The number of hydrogen-bond acceptors (Lipinski definition) is 4. The monoisotopic (exact) mass is 375 g/mol. The Morgan fingerprint density at radius 2 is 1.54 bits per heavy atom. The van der Waals surface area contributed by atoms with Crippen LogP contribution < -0.4 is 4.72 Å². The van der Waals surface area contributed by atoms with Crippen molar-refractivity contribution < 1.29 is 17.9 Å². The molecule has 0 aliphatic rings. The summed E-state index contributed by atoms with van der Waals surface area (Å²) in [7, 11) is -3.68. The number of esters is 1. The average Bonchev–Trinajstić information content (AvgIpc) is 2.54. The van der Waals surface area contributed by atoms with Crippen molar-refractivity contribution in [3.63, 3.8) is 0 Å². The summed E-state index contributed by atoms with van der Waals surface area (Å²) in [5.41, 5.74) is 1.86. The second-order valence-electron chi connectivity index (χ2n) is 6.88. The van der Waals surface area contributed by atoms with Crippen molar-refractivity contribution in [3.05, 3.63) is 59.7 Å². The number of carbonyl (C=O) groups excluding carboxylic acids is 1. The summed E-state index contributed by atoms with van der Waals surface area (Å²) in [5, 5.41) is 0. The van der Waals surface area contributed by atoms with E-state index in [4.69, 9.17) is 4.74 Å². The van der Waals surface area contributed by atoms with Crippen LogP contribution >= 0.6 is 0 Å². The number of sulfonamides is 1. The fraction of sp³-hybridized carbons (Fsp3) is 0.350. The van der Waals surface area contributed by atoms with E-state index in [1.54, 1.807) is 38.1 Å². The Morgan fingerprint density at radius 3 is 2.04 bits per heavy atom. The first-order valence-corrected chi connectivity index (χ1v) is 10.1. The zero-order chi connectivity index (χ0) is 19.3. The number of carbonyl (C=O) groups is 1. The van der Waals surface area contributed by atoms with Gasteiger partial charge in [0.15, 0.2) is 0 Å². The maximum absolute atomic E-state index is 12.5. The van der Waals surface area contributed by atoms with E-state index >= 15 is 0 Å². The van der Waals surface area contributed by atoms with Crippen LogP contribution in [0, 0.1) is 5.92 Å². The molecule has 5 nitrogen and oxygen atoms in total. The van der Waals surface area contributed by atoms with Crippen molar-refractivity contribution in [2.45, 2.75) is 45.1 Å². The summed E-state index contributed by atoms with van der Waals surface area (Å²) in [6.07, 6.45) is 0.696. The van der Waals surface area contributed by atoms with Crippen molar-refractivity contribution in [1.82, 2.24) is 0 Å². The quantitative estimate of drug-likeness (QED) is 0.734. The van der Waals surface area contributed by atoms with Gasteiger partial charge in [0, 0.05) is 5.69 Å². The largest absolute Gasteiger partial charge is 0.459 e. The van der Waals surface area contributed by atoms with Crippen molar-refractivity contribution >= 4 is 21.7 Å². The second-order valence-corrected chi connectivity index (χ2v) is 8.56. The molecule has 2 aromatic carbocycles. The minimum Gasteiger partial charge on any atom is -0.459 e. The van der Waals surface area contributed by atoms with Gasteiger partial charge in [-0.05, 0) is 68.1 Å². The number of benzene rings is 2. The van der Waals surface area contributed by atoms with Crippen LogP contribution in [0.4, 0.5) is 5.69 Å². The van der Waals surface area contributed by atoms with Gasteiger partial charge in [-0.3, -0.25) is 4.72 Å². The highest BCUT2D eigenvalue weighted by Crippen LogP contribution is 2.19. The third-order valence-electron chi connectivity index (χ3n) is 3.59. The van der Waals surface area contributed by atoms with Crippen LogP contribution in [0.1, 0.15) is 43.6 Å².